The number of phenols is 1. The summed E-state index contributed by atoms with van der Waals surface area (Å²) in [5.41, 5.74) is 4.66. The second kappa shape index (κ2) is 8.31. The number of likely N-dealkylation sites (N-methyl/N-ethyl adjacent to an activating group) is 1. The summed E-state index contributed by atoms with van der Waals surface area (Å²) >= 11 is 0. The Morgan fingerprint density at radius 3 is 2.47 bits per heavy atom. The first kappa shape index (κ1) is 24.3. The van der Waals surface area contributed by atoms with Crippen LogP contribution >= 0.6 is 0 Å². The van der Waals surface area contributed by atoms with E-state index in [1.165, 1.54) is 11.0 Å². The topological polar surface area (TPSA) is 161 Å². The first-order chi connectivity index (χ1) is 17.0. The van der Waals surface area contributed by atoms with E-state index in [1.54, 1.807) is 14.1 Å². The highest BCUT2D eigenvalue weighted by atomic mass is 16.3. The van der Waals surface area contributed by atoms with E-state index >= 15 is 0 Å². The number of primary amides is 1. The smallest absolute Gasteiger partial charge is 0.255 e. The lowest BCUT2D eigenvalue weighted by atomic mass is 9.57. The van der Waals surface area contributed by atoms with Gasteiger partial charge in [0.25, 0.3) is 5.91 Å². The molecule has 190 valence electrons. The van der Waals surface area contributed by atoms with Crippen molar-refractivity contribution in [3.63, 3.8) is 0 Å². The maximum absolute atomic E-state index is 13.9. The highest BCUT2D eigenvalue weighted by molar-refractivity contribution is 6.24. The molecule has 0 heterocycles. The molecule has 9 heteroatoms. The van der Waals surface area contributed by atoms with Crippen LogP contribution in [0.1, 0.15) is 48.8 Å². The van der Waals surface area contributed by atoms with E-state index in [9.17, 15) is 34.8 Å². The summed E-state index contributed by atoms with van der Waals surface area (Å²) in [6.07, 6.45) is 6.48. The zero-order valence-corrected chi connectivity index (χ0v) is 20.2. The standard InChI is InChI=1S/C27H30N2O7/c1-29(2)21-16-11-13-10-15-14(12-6-4-3-5-7-12)8-9-17(30)19(15)22(31)18(13)24(33)27(16,36)25(34)20(23(21)32)26(28)35/h6,8-9,13,16,21,30-31,34,36H,3-5,7,10-11H2,1-2H3,(H2,28,35)/t13-,16-,21-,27-/m1/s1. The molecule has 1 aromatic carbocycles. The molecule has 4 aliphatic rings. The van der Waals surface area contributed by atoms with Gasteiger partial charge in [0.1, 0.15) is 22.8 Å². The van der Waals surface area contributed by atoms with Crippen molar-refractivity contribution in [2.24, 2.45) is 17.6 Å². The number of ketones is 2. The van der Waals surface area contributed by atoms with Gasteiger partial charge in [-0.2, -0.15) is 0 Å². The van der Waals surface area contributed by atoms with Crippen LogP contribution in [0.5, 0.6) is 5.75 Å². The number of rotatable bonds is 3. The molecular formula is C27H30N2O7. The molecule has 1 saturated carbocycles. The number of nitrogens with zero attached hydrogens (tertiary/aromatic N) is 1. The van der Waals surface area contributed by atoms with Gasteiger partial charge in [-0.3, -0.25) is 19.3 Å². The van der Waals surface area contributed by atoms with Gasteiger partial charge >= 0.3 is 0 Å². The van der Waals surface area contributed by atoms with Crippen molar-refractivity contribution in [1.29, 1.82) is 0 Å². The molecule has 0 saturated heterocycles. The number of allylic oxidation sites excluding steroid dienone is 2. The lowest BCUT2D eigenvalue weighted by Gasteiger charge is -2.50. The predicted molar refractivity (Wildman–Crippen MR) is 131 cm³/mol. The number of aliphatic hydroxyl groups excluding tert-OH is 2. The van der Waals surface area contributed by atoms with Crippen molar-refractivity contribution in [2.75, 3.05) is 14.1 Å². The molecular weight excluding hydrogens is 464 g/mol. The molecule has 0 unspecified atom stereocenters. The zero-order chi connectivity index (χ0) is 26.1. The van der Waals surface area contributed by atoms with Gasteiger partial charge in [-0.1, -0.05) is 12.1 Å². The van der Waals surface area contributed by atoms with Crippen molar-refractivity contribution >= 4 is 28.8 Å². The molecule has 9 nitrogen and oxygen atoms in total. The Labute approximate surface area is 208 Å². The van der Waals surface area contributed by atoms with Gasteiger partial charge in [0.2, 0.25) is 5.78 Å². The monoisotopic (exact) mass is 494 g/mol. The SMILES string of the molecule is CN(C)[C@H]1C(=O)C(C(N)=O)=C(O)[C@]2(O)C(=O)C3=C(O)c4c(O)ccc(C5=CCCCC5)c4C[C@@H]3C[C@H]12. The minimum atomic E-state index is -2.62. The number of benzene rings is 1. The average Bonchev–Trinajstić information content (AvgIpc) is 2.81. The van der Waals surface area contributed by atoms with Gasteiger partial charge < -0.3 is 26.2 Å². The Balaban J connectivity index is 1.72. The van der Waals surface area contributed by atoms with E-state index in [1.807, 2.05) is 6.07 Å². The number of hydrogen-bond acceptors (Lipinski definition) is 8. The maximum atomic E-state index is 13.9. The minimum absolute atomic E-state index is 0.0832. The van der Waals surface area contributed by atoms with E-state index in [2.05, 4.69) is 6.08 Å². The Kier molecular flexibility index (Phi) is 5.61. The van der Waals surface area contributed by atoms with Gasteiger partial charge in [0.15, 0.2) is 11.4 Å². The summed E-state index contributed by atoms with van der Waals surface area (Å²) in [4.78, 5) is 40.6. The number of fused-ring (bicyclic) bond motifs is 3. The third-order valence-corrected chi connectivity index (χ3v) is 8.24. The van der Waals surface area contributed by atoms with Gasteiger partial charge in [-0.25, -0.2) is 0 Å². The number of nitrogens with two attached hydrogens (primary N) is 1. The Morgan fingerprint density at radius 2 is 1.86 bits per heavy atom. The van der Waals surface area contributed by atoms with Crippen molar-refractivity contribution in [3.8, 4) is 5.75 Å². The molecule has 1 amide bonds. The molecule has 1 fully saturated rings. The van der Waals surface area contributed by atoms with Crippen LogP contribution < -0.4 is 5.73 Å². The Hall–Kier alpha value is -3.43. The number of Topliss-reactive ketones (excluding diaryl/α,β-unsaturated/α-hetero) is 2. The molecule has 0 radical (unpaired) electrons. The van der Waals surface area contributed by atoms with Crippen LogP contribution in [0.3, 0.4) is 0 Å². The van der Waals surface area contributed by atoms with E-state index in [-0.39, 0.29) is 23.3 Å². The van der Waals surface area contributed by atoms with Crippen molar-refractivity contribution in [3.05, 3.63) is 51.8 Å². The van der Waals surface area contributed by atoms with Crippen LogP contribution in [-0.2, 0) is 20.8 Å². The molecule has 1 aromatic rings. The second-order valence-electron chi connectivity index (χ2n) is 10.4. The fourth-order valence-electron chi connectivity index (χ4n) is 6.63. The molecule has 4 aliphatic carbocycles. The highest BCUT2D eigenvalue weighted by Crippen LogP contribution is 2.53. The lowest BCUT2D eigenvalue weighted by Crippen LogP contribution is -2.65. The van der Waals surface area contributed by atoms with Crippen LogP contribution in [0.15, 0.2) is 35.1 Å². The largest absolute Gasteiger partial charge is 0.508 e. The number of amides is 1. The minimum Gasteiger partial charge on any atom is -0.508 e. The fourth-order valence-corrected chi connectivity index (χ4v) is 6.63. The van der Waals surface area contributed by atoms with E-state index in [0.29, 0.717) is 12.0 Å². The summed E-state index contributed by atoms with van der Waals surface area (Å²) in [5, 5.41) is 44.5. The molecule has 36 heavy (non-hydrogen) atoms. The highest BCUT2D eigenvalue weighted by Gasteiger charge is 2.64. The molecule has 6 N–H and O–H groups in total. The molecule has 5 rings (SSSR count). The summed E-state index contributed by atoms with van der Waals surface area (Å²) in [7, 11) is 3.16. The number of hydrogen-bond donors (Lipinski definition) is 5. The predicted octanol–water partition coefficient (Wildman–Crippen LogP) is 1.92. The lowest BCUT2D eigenvalue weighted by molar-refractivity contribution is -0.153. The number of aliphatic hydroxyl groups is 3. The number of phenolic OH excluding ortho intramolecular Hbond substituents is 1. The second-order valence-corrected chi connectivity index (χ2v) is 10.4. The van der Waals surface area contributed by atoms with Crippen LogP contribution in [0.25, 0.3) is 11.3 Å². The van der Waals surface area contributed by atoms with Crippen molar-refractivity contribution in [1.82, 2.24) is 4.90 Å². The number of aromatic hydroxyl groups is 1. The van der Waals surface area contributed by atoms with Crippen molar-refractivity contribution in [2.45, 2.75) is 50.2 Å². The molecule has 0 spiro atoms. The first-order valence-corrected chi connectivity index (χ1v) is 12.2. The van der Waals surface area contributed by atoms with E-state index in [0.717, 1.165) is 36.8 Å². The molecule has 0 aliphatic heterocycles. The zero-order valence-electron chi connectivity index (χ0n) is 20.2. The summed E-state index contributed by atoms with van der Waals surface area (Å²) in [6.45, 7) is 0. The Morgan fingerprint density at radius 1 is 1.14 bits per heavy atom. The maximum Gasteiger partial charge on any atom is 0.255 e. The van der Waals surface area contributed by atoms with Crippen molar-refractivity contribution < 1.29 is 34.8 Å². The summed E-state index contributed by atoms with van der Waals surface area (Å²) in [6, 6.07) is 2.22. The summed E-state index contributed by atoms with van der Waals surface area (Å²) in [5.74, 6) is -6.38. The third-order valence-electron chi connectivity index (χ3n) is 8.24. The van der Waals surface area contributed by atoms with Crippen LogP contribution in [0.4, 0.5) is 0 Å². The van der Waals surface area contributed by atoms with Crippen LogP contribution in [0.2, 0.25) is 0 Å². The van der Waals surface area contributed by atoms with Gasteiger partial charge in [0, 0.05) is 11.5 Å². The molecule has 0 bridgehead atoms. The van der Waals surface area contributed by atoms with Crippen LogP contribution in [0, 0.1) is 11.8 Å². The van der Waals surface area contributed by atoms with E-state index in [4.69, 9.17) is 5.73 Å². The van der Waals surface area contributed by atoms with Crippen LogP contribution in [-0.4, -0.2) is 68.5 Å². The first-order valence-electron chi connectivity index (χ1n) is 12.2. The molecule has 4 atom stereocenters. The third kappa shape index (κ3) is 3.19. The average molecular weight is 495 g/mol. The normalized spacial score (nSPS) is 30.1. The van der Waals surface area contributed by atoms with Gasteiger partial charge in [-0.15, -0.1) is 0 Å². The van der Waals surface area contributed by atoms with Gasteiger partial charge in [0.05, 0.1) is 11.6 Å². The number of carbonyl (C=O) groups excluding carboxylic acids is 3. The Bertz CT molecular complexity index is 1310. The summed E-state index contributed by atoms with van der Waals surface area (Å²) < 4.78 is 0. The van der Waals surface area contributed by atoms with E-state index < -0.39 is 58.0 Å². The molecule has 0 aromatic heterocycles. The van der Waals surface area contributed by atoms with Gasteiger partial charge in [-0.05, 0) is 81.3 Å². The fraction of sp³-hybridized carbons (Fsp3) is 0.444. The quantitative estimate of drug-likeness (QED) is 0.398. The number of carbonyl (C=O) groups is 3.